The van der Waals surface area contributed by atoms with Gasteiger partial charge in [0.1, 0.15) is 10.6 Å². The molecule has 0 unspecified atom stereocenters. The number of rotatable bonds is 5. The number of halogens is 2. The topological polar surface area (TPSA) is 38.3 Å². The molecule has 1 N–H and O–H groups in total. The molecule has 2 aromatic rings. The zero-order chi connectivity index (χ0) is 14.5. The van der Waals surface area contributed by atoms with E-state index in [1.54, 1.807) is 18.2 Å². The maximum absolute atomic E-state index is 12.2. The smallest absolute Gasteiger partial charge is 0.266 e. The number of hydrogen-bond acceptors (Lipinski definition) is 3. The molecule has 0 saturated carbocycles. The lowest BCUT2D eigenvalue weighted by Crippen LogP contribution is -2.12. The summed E-state index contributed by atoms with van der Waals surface area (Å²) in [7, 11) is 0. The summed E-state index contributed by atoms with van der Waals surface area (Å²) >= 11 is 10.7. The molecule has 0 atom stereocenters. The lowest BCUT2D eigenvalue weighted by molar-refractivity contribution is 0.102. The van der Waals surface area contributed by atoms with E-state index in [4.69, 9.17) is 16.3 Å². The van der Waals surface area contributed by atoms with Crippen LogP contribution in [0.1, 0.15) is 23.0 Å². The quantitative estimate of drug-likeness (QED) is 0.780. The Kier molecular flexibility index (Phi) is 5.46. The van der Waals surface area contributed by atoms with Gasteiger partial charge in [0.05, 0.1) is 12.3 Å². The van der Waals surface area contributed by atoms with E-state index in [0.29, 0.717) is 27.9 Å². The lowest BCUT2D eigenvalue weighted by Gasteiger charge is -2.12. The summed E-state index contributed by atoms with van der Waals surface area (Å²) in [4.78, 5) is 12.8. The van der Waals surface area contributed by atoms with Crippen LogP contribution in [0.15, 0.2) is 34.1 Å². The van der Waals surface area contributed by atoms with Gasteiger partial charge in [0.15, 0.2) is 0 Å². The van der Waals surface area contributed by atoms with Crippen molar-refractivity contribution < 1.29 is 9.53 Å². The molecular weight excluding hydrogens is 362 g/mol. The molecule has 0 fully saturated rings. The highest BCUT2D eigenvalue weighted by Crippen LogP contribution is 2.30. The van der Waals surface area contributed by atoms with Crippen LogP contribution in [0.3, 0.4) is 0 Å². The van der Waals surface area contributed by atoms with E-state index in [-0.39, 0.29) is 5.91 Å². The third-order valence-corrected chi connectivity index (χ3v) is 4.55. The molecule has 106 valence electrons. The third kappa shape index (κ3) is 3.75. The zero-order valence-electron chi connectivity index (χ0n) is 10.8. The second-order valence-electron chi connectivity index (χ2n) is 4.04. The first-order valence-electron chi connectivity index (χ1n) is 6.08. The van der Waals surface area contributed by atoms with E-state index >= 15 is 0 Å². The molecule has 1 aromatic carbocycles. The maximum Gasteiger partial charge on any atom is 0.266 e. The van der Waals surface area contributed by atoms with Crippen LogP contribution in [-0.4, -0.2) is 12.5 Å². The molecule has 6 heteroatoms. The predicted molar refractivity (Wildman–Crippen MR) is 87.2 cm³/mol. The summed E-state index contributed by atoms with van der Waals surface area (Å²) in [5.74, 6) is 0.438. The van der Waals surface area contributed by atoms with Gasteiger partial charge in [0.25, 0.3) is 5.91 Å². The van der Waals surface area contributed by atoms with E-state index in [2.05, 4.69) is 21.2 Å². The van der Waals surface area contributed by atoms with Crippen molar-refractivity contribution >= 4 is 50.5 Å². The molecule has 1 amide bonds. The van der Waals surface area contributed by atoms with Crippen molar-refractivity contribution in [2.24, 2.45) is 0 Å². The van der Waals surface area contributed by atoms with Gasteiger partial charge in [0.2, 0.25) is 0 Å². The largest absolute Gasteiger partial charge is 0.491 e. The van der Waals surface area contributed by atoms with Gasteiger partial charge in [-0.3, -0.25) is 4.79 Å². The van der Waals surface area contributed by atoms with Gasteiger partial charge in [-0.1, -0.05) is 18.5 Å². The average Bonchev–Trinajstić information content (AvgIpc) is 2.84. The van der Waals surface area contributed by atoms with Gasteiger partial charge >= 0.3 is 0 Å². The minimum Gasteiger partial charge on any atom is -0.491 e. The fraction of sp³-hybridized carbons (Fsp3) is 0.214. The average molecular weight is 375 g/mol. The normalized spacial score (nSPS) is 10.3. The van der Waals surface area contributed by atoms with E-state index < -0.39 is 0 Å². The van der Waals surface area contributed by atoms with Gasteiger partial charge in [-0.15, -0.1) is 11.3 Å². The number of anilines is 1. The molecule has 0 aliphatic heterocycles. The first kappa shape index (κ1) is 15.4. The highest BCUT2D eigenvalue weighted by Gasteiger charge is 2.14. The number of nitrogens with one attached hydrogen (secondary N) is 1. The molecule has 0 radical (unpaired) electrons. The molecule has 1 aromatic heterocycles. The Morgan fingerprint density at radius 1 is 1.45 bits per heavy atom. The van der Waals surface area contributed by atoms with Crippen molar-refractivity contribution in [2.75, 3.05) is 11.9 Å². The standard InChI is InChI=1S/C14H13BrClNO2S/c1-2-6-19-12-4-3-9(16)8-11(12)17-14(18)13-10(15)5-7-20-13/h3-5,7-8H,2,6H2,1H3,(H,17,18). The van der Waals surface area contributed by atoms with Crippen molar-refractivity contribution in [3.63, 3.8) is 0 Å². The fourth-order valence-electron chi connectivity index (χ4n) is 1.57. The molecule has 0 saturated heterocycles. The minimum atomic E-state index is -0.185. The van der Waals surface area contributed by atoms with Crippen LogP contribution in [0.2, 0.25) is 5.02 Å². The van der Waals surface area contributed by atoms with E-state index in [9.17, 15) is 4.79 Å². The van der Waals surface area contributed by atoms with Gasteiger partial charge in [-0.05, 0) is 52.0 Å². The highest BCUT2D eigenvalue weighted by molar-refractivity contribution is 9.10. The summed E-state index contributed by atoms with van der Waals surface area (Å²) in [5.41, 5.74) is 0.580. The summed E-state index contributed by atoms with van der Waals surface area (Å²) in [6.07, 6.45) is 0.895. The van der Waals surface area contributed by atoms with Crippen molar-refractivity contribution in [2.45, 2.75) is 13.3 Å². The number of carbonyl (C=O) groups is 1. The minimum absolute atomic E-state index is 0.185. The Hall–Kier alpha value is -1.04. The molecule has 3 nitrogen and oxygen atoms in total. The third-order valence-electron chi connectivity index (χ3n) is 2.47. The Balaban J connectivity index is 2.21. The molecular formula is C14H13BrClNO2S. The van der Waals surface area contributed by atoms with Crippen LogP contribution in [0.25, 0.3) is 0 Å². The first-order valence-corrected chi connectivity index (χ1v) is 8.13. The first-order chi connectivity index (χ1) is 9.61. The Bertz CT molecular complexity index is 615. The molecule has 0 aliphatic carbocycles. The van der Waals surface area contributed by atoms with Crippen molar-refractivity contribution in [3.8, 4) is 5.75 Å². The van der Waals surface area contributed by atoms with Crippen LogP contribution in [-0.2, 0) is 0 Å². The van der Waals surface area contributed by atoms with Crippen LogP contribution >= 0.6 is 38.9 Å². The summed E-state index contributed by atoms with van der Waals surface area (Å²) in [6, 6.07) is 7.03. The number of carbonyl (C=O) groups excluding carboxylic acids is 1. The molecule has 20 heavy (non-hydrogen) atoms. The zero-order valence-corrected chi connectivity index (χ0v) is 13.9. The number of amides is 1. The second kappa shape index (κ2) is 7.11. The van der Waals surface area contributed by atoms with Crippen LogP contribution < -0.4 is 10.1 Å². The van der Waals surface area contributed by atoms with Crippen LogP contribution in [0.4, 0.5) is 5.69 Å². The molecule has 0 aliphatic rings. The number of thiophene rings is 1. The number of hydrogen-bond donors (Lipinski definition) is 1. The lowest BCUT2D eigenvalue weighted by atomic mass is 10.3. The number of ether oxygens (including phenoxy) is 1. The second-order valence-corrected chi connectivity index (χ2v) is 6.25. The van der Waals surface area contributed by atoms with E-state index in [1.165, 1.54) is 11.3 Å². The summed E-state index contributed by atoms with van der Waals surface area (Å²) in [6.45, 7) is 2.62. The highest BCUT2D eigenvalue weighted by atomic mass is 79.9. The van der Waals surface area contributed by atoms with E-state index in [0.717, 1.165) is 10.9 Å². The molecule has 2 rings (SSSR count). The SMILES string of the molecule is CCCOc1ccc(Cl)cc1NC(=O)c1sccc1Br. The maximum atomic E-state index is 12.2. The van der Waals surface area contributed by atoms with Crippen molar-refractivity contribution in [1.82, 2.24) is 0 Å². The predicted octanol–water partition coefficient (Wildman–Crippen LogP) is 5.21. The van der Waals surface area contributed by atoms with Gasteiger partial charge < -0.3 is 10.1 Å². The van der Waals surface area contributed by atoms with Crippen LogP contribution in [0.5, 0.6) is 5.75 Å². The molecule has 1 heterocycles. The van der Waals surface area contributed by atoms with E-state index in [1.807, 2.05) is 18.4 Å². The van der Waals surface area contributed by atoms with Crippen molar-refractivity contribution in [1.29, 1.82) is 0 Å². The Morgan fingerprint density at radius 3 is 2.90 bits per heavy atom. The van der Waals surface area contributed by atoms with Crippen LogP contribution in [0, 0.1) is 0 Å². The van der Waals surface area contributed by atoms with Gasteiger partial charge in [-0.25, -0.2) is 0 Å². The summed E-state index contributed by atoms with van der Waals surface area (Å²) in [5, 5.41) is 5.24. The van der Waals surface area contributed by atoms with Gasteiger partial charge in [-0.2, -0.15) is 0 Å². The van der Waals surface area contributed by atoms with Gasteiger partial charge in [0, 0.05) is 9.50 Å². The molecule has 0 bridgehead atoms. The summed E-state index contributed by atoms with van der Waals surface area (Å²) < 4.78 is 6.38. The monoisotopic (exact) mass is 373 g/mol. The molecule has 0 spiro atoms. The number of benzene rings is 1. The van der Waals surface area contributed by atoms with Crippen molar-refractivity contribution in [3.05, 3.63) is 44.0 Å². The fourth-order valence-corrected chi connectivity index (χ4v) is 3.19. The Morgan fingerprint density at radius 2 is 2.25 bits per heavy atom. The Labute approximate surface area is 135 Å².